The van der Waals surface area contributed by atoms with Crippen molar-refractivity contribution in [1.82, 2.24) is 0 Å². The van der Waals surface area contributed by atoms with Crippen molar-refractivity contribution >= 4 is 73.2 Å². The molecule has 13 heteroatoms. The number of halogens is 5. The lowest BCUT2D eigenvalue weighted by atomic mass is 10.4. The highest BCUT2D eigenvalue weighted by molar-refractivity contribution is 7.54. The van der Waals surface area contributed by atoms with Crippen LogP contribution in [0, 0.1) is 0 Å². The second-order valence-electron chi connectivity index (χ2n) is 3.95. The number of alkyl halides is 5. The van der Waals surface area contributed by atoms with E-state index >= 15 is 0 Å². The summed E-state index contributed by atoms with van der Waals surface area (Å²) in [5, 5.41) is 0. The molecule has 23 heavy (non-hydrogen) atoms. The van der Waals surface area contributed by atoms with Gasteiger partial charge in [0.2, 0.25) is 0 Å². The van der Waals surface area contributed by atoms with Crippen LogP contribution in [0.4, 0.5) is 0 Å². The number of hydrogen-bond acceptors (Lipinski definition) is 4. The first kappa shape index (κ1) is 27.0. The third kappa shape index (κ3) is 15.7. The zero-order chi connectivity index (χ0) is 18.4. The van der Waals surface area contributed by atoms with E-state index in [9.17, 15) is 9.13 Å². The van der Waals surface area contributed by atoms with Gasteiger partial charge in [0.05, 0.1) is 25.0 Å². The molecule has 0 fully saturated rings. The topological polar surface area (TPSA) is 93.1 Å². The van der Waals surface area contributed by atoms with E-state index in [0.717, 1.165) is 0 Å². The van der Waals surface area contributed by atoms with Gasteiger partial charge in [-0.3, -0.25) is 9.13 Å². The zero-order valence-corrected chi connectivity index (χ0v) is 17.8. The van der Waals surface area contributed by atoms with E-state index in [1.165, 1.54) is 0 Å². The molecule has 0 aromatic carbocycles. The van der Waals surface area contributed by atoms with Crippen molar-refractivity contribution in [2.75, 3.05) is 48.8 Å². The first-order chi connectivity index (χ1) is 10.7. The highest BCUT2D eigenvalue weighted by Crippen LogP contribution is 2.54. The standard InChI is InChI=1S/C8H15Cl4O3P.C2H6ClO3P/c9-2-1-8(7-12)16(13,14-5-3-10)15-6-4-11;3-1-2-7(4,5)6/h8H,1-7H2;1-2H2,(H2,4,5,6). The van der Waals surface area contributed by atoms with Gasteiger partial charge in [-0.25, -0.2) is 0 Å². The Kier molecular flexibility index (Phi) is 18.7. The van der Waals surface area contributed by atoms with Crippen LogP contribution in [-0.4, -0.2) is 64.2 Å². The van der Waals surface area contributed by atoms with Crippen molar-refractivity contribution in [1.29, 1.82) is 0 Å². The molecule has 6 nitrogen and oxygen atoms in total. The van der Waals surface area contributed by atoms with Crippen molar-refractivity contribution < 1.29 is 28.0 Å². The Morgan fingerprint density at radius 3 is 1.52 bits per heavy atom. The lowest BCUT2D eigenvalue weighted by Crippen LogP contribution is -2.17. The van der Waals surface area contributed by atoms with Crippen LogP contribution in [0.15, 0.2) is 0 Å². The van der Waals surface area contributed by atoms with Gasteiger partial charge in [0.1, 0.15) is 0 Å². The lowest BCUT2D eigenvalue weighted by Gasteiger charge is -2.24. The van der Waals surface area contributed by atoms with Crippen LogP contribution in [0.25, 0.3) is 0 Å². The van der Waals surface area contributed by atoms with E-state index in [1.54, 1.807) is 0 Å². The number of hydrogen-bond donors (Lipinski definition) is 2. The minimum Gasteiger partial charge on any atom is -0.324 e. The van der Waals surface area contributed by atoms with Crippen molar-refractivity contribution in [3.05, 3.63) is 0 Å². The Hall–Kier alpha value is 1.75. The van der Waals surface area contributed by atoms with Crippen LogP contribution in [0.3, 0.4) is 0 Å². The van der Waals surface area contributed by atoms with Crippen LogP contribution in [-0.2, 0) is 18.2 Å². The highest BCUT2D eigenvalue weighted by atomic mass is 35.5. The van der Waals surface area contributed by atoms with Crippen LogP contribution in [0.5, 0.6) is 0 Å². The summed E-state index contributed by atoms with van der Waals surface area (Å²) in [5.74, 6) is 1.00. The van der Waals surface area contributed by atoms with E-state index in [1.807, 2.05) is 0 Å². The molecule has 0 aliphatic rings. The van der Waals surface area contributed by atoms with Gasteiger partial charge in [0.25, 0.3) is 0 Å². The minimum absolute atomic E-state index is 0.0181. The molecule has 0 saturated heterocycles. The summed E-state index contributed by atoms with van der Waals surface area (Å²) in [5.41, 5.74) is -0.418. The molecule has 0 aromatic heterocycles. The van der Waals surface area contributed by atoms with Crippen LogP contribution in [0.1, 0.15) is 6.42 Å². The first-order valence-electron chi connectivity index (χ1n) is 6.43. The van der Waals surface area contributed by atoms with Gasteiger partial charge in [-0.1, -0.05) is 0 Å². The molecular weight excluding hydrogens is 455 g/mol. The van der Waals surface area contributed by atoms with Gasteiger partial charge in [0, 0.05) is 29.4 Å². The molecule has 0 aromatic rings. The maximum atomic E-state index is 12.3. The van der Waals surface area contributed by atoms with Crippen molar-refractivity contribution in [2.24, 2.45) is 0 Å². The van der Waals surface area contributed by atoms with Crippen LogP contribution >= 0.6 is 73.2 Å². The summed E-state index contributed by atoms with van der Waals surface area (Å²) in [7, 11) is -7.06. The Balaban J connectivity index is 0. The molecular formula is C10H21Cl5O6P2. The molecule has 0 spiro atoms. The molecule has 0 radical (unpaired) electrons. The molecule has 0 amide bonds. The second kappa shape index (κ2) is 16.0. The number of rotatable bonds is 12. The summed E-state index contributed by atoms with van der Waals surface area (Å²) in [6, 6.07) is 0. The molecule has 2 N–H and O–H groups in total. The van der Waals surface area contributed by atoms with Crippen molar-refractivity contribution in [3.63, 3.8) is 0 Å². The van der Waals surface area contributed by atoms with Gasteiger partial charge < -0.3 is 18.8 Å². The molecule has 1 atom stereocenters. The molecule has 142 valence electrons. The second-order valence-corrected chi connectivity index (χ2v) is 9.87. The Morgan fingerprint density at radius 2 is 1.30 bits per heavy atom. The maximum absolute atomic E-state index is 12.3. The average Bonchev–Trinajstić information content (AvgIpc) is 2.48. The van der Waals surface area contributed by atoms with Gasteiger partial charge >= 0.3 is 15.2 Å². The Morgan fingerprint density at radius 1 is 0.826 bits per heavy atom. The largest absolute Gasteiger partial charge is 0.335 e. The quantitative estimate of drug-likeness (QED) is 0.322. The summed E-state index contributed by atoms with van der Waals surface area (Å²) >= 11 is 27.3. The predicted molar refractivity (Wildman–Crippen MR) is 98.4 cm³/mol. The van der Waals surface area contributed by atoms with E-state index < -0.39 is 20.9 Å². The van der Waals surface area contributed by atoms with Crippen LogP contribution < -0.4 is 0 Å². The van der Waals surface area contributed by atoms with Gasteiger partial charge in [-0.15, -0.1) is 58.0 Å². The summed E-state index contributed by atoms with van der Waals surface area (Å²) in [6.07, 6.45) is 0.238. The van der Waals surface area contributed by atoms with Gasteiger partial charge in [0.15, 0.2) is 0 Å². The Labute approximate surface area is 161 Å². The molecule has 0 saturated carbocycles. The molecule has 0 aliphatic heterocycles. The summed E-state index contributed by atoms with van der Waals surface area (Å²) in [6.45, 7) is 0.299. The zero-order valence-electron chi connectivity index (χ0n) is 12.3. The van der Waals surface area contributed by atoms with Crippen molar-refractivity contribution in [3.8, 4) is 0 Å². The fraction of sp³-hybridized carbons (Fsp3) is 1.00. The van der Waals surface area contributed by atoms with E-state index in [4.69, 9.17) is 76.8 Å². The van der Waals surface area contributed by atoms with E-state index in [-0.39, 0.29) is 42.9 Å². The highest BCUT2D eigenvalue weighted by Gasteiger charge is 2.34. The van der Waals surface area contributed by atoms with E-state index in [2.05, 4.69) is 0 Å². The average molecular weight is 476 g/mol. The monoisotopic (exact) mass is 474 g/mol. The Bertz CT molecular complexity index is 358. The smallest absolute Gasteiger partial charge is 0.324 e. The predicted octanol–water partition coefficient (Wildman–Crippen LogP) is 4.33. The normalized spacial score (nSPS) is 13.3. The third-order valence-corrected chi connectivity index (χ3v) is 6.93. The lowest BCUT2D eigenvalue weighted by molar-refractivity contribution is 0.215. The molecule has 0 rings (SSSR count). The van der Waals surface area contributed by atoms with E-state index in [0.29, 0.717) is 12.3 Å². The molecule has 0 aliphatic carbocycles. The molecule has 1 unspecified atom stereocenters. The third-order valence-electron chi connectivity index (χ3n) is 2.14. The SMILES string of the molecule is O=P(O)(O)CCCl.O=P(OCCCl)(OCCCl)C(CCl)CCCl. The van der Waals surface area contributed by atoms with Crippen LogP contribution in [0.2, 0.25) is 0 Å². The summed E-state index contributed by atoms with van der Waals surface area (Å²) < 4.78 is 32.6. The van der Waals surface area contributed by atoms with Crippen molar-refractivity contribution in [2.45, 2.75) is 12.1 Å². The summed E-state index contributed by atoms with van der Waals surface area (Å²) in [4.78, 5) is 16.1. The molecule has 0 heterocycles. The first-order valence-corrected chi connectivity index (χ1v) is 12.5. The molecule has 0 bridgehead atoms. The van der Waals surface area contributed by atoms with Gasteiger partial charge in [-0.05, 0) is 6.42 Å². The fourth-order valence-corrected chi connectivity index (χ4v) is 5.26. The minimum atomic E-state index is -3.80. The van der Waals surface area contributed by atoms with Gasteiger partial charge in [-0.2, -0.15) is 0 Å². The maximum Gasteiger partial charge on any atom is 0.335 e. The fourth-order valence-electron chi connectivity index (χ4n) is 1.13.